The van der Waals surface area contributed by atoms with Gasteiger partial charge in [-0.05, 0) is 36.1 Å². The molecule has 4 heteroatoms. The molecule has 4 nitrogen and oxygen atoms in total. The van der Waals surface area contributed by atoms with Crippen LogP contribution in [0.2, 0.25) is 0 Å². The molecule has 0 atom stereocenters. The van der Waals surface area contributed by atoms with Crippen molar-refractivity contribution in [2.45, 2.75) is 18.9 Å². The van der Waals surface area contributed by atoms with Gasteiger partial charge in [-0.2, -0.15) is 0 Å². The van der Waals surface area contributed by atoms with Crippen molar-refractivity contribution in [1.82, 2.24) is 4.57 Å². The van der Waals surface area contributed by atoms with Crippen LogP contribution in [0.5, 0.6) is 0 Å². The number of nitrogens with two attached hydrogens (primary N) is 1. The molecule has 0 spiro atoms. The van der Waals surface area contributed by atoms with Gasteiger partial charge in [-0.15, -0.1) is 0 Å². The molecule has 19 heavy (non-hydrogen) atoms. The summed E-state index contributed by atoms with van der Waals surface area (Å²) in [5, 5.41) is 0. The number of carbonyl (C=O) groups is 1. The predicted octanol–water partition coefficient (Wildman–Crippen LogP) is 1.29. The highest BCUT2D eigenvalue weighted by Crippen LogP contribution is 2.28. The Balaban J connectivity index is 2.00. The van der Waals surface area contributed by atoms with Gasteiger partial charge in [-0.1, -0.05) is 24.3 Å². The molecule has 1 amide bonds. The molecule has 0 unspecified atom stereocenters. The molecule has 1 aliphatic rings. The summed E-state index contributed by atoms with van der Waals surface area (Å²) in [7, 11) is 0. The van der Waals surface area contributed by atoms with Gasteiger partial charge in [0.05, 0.1) is 0 Å². The lowest BCUT2D eigenvalue weighted by Crippen LogP contribution is -2.31. The number of pyridine rings is 1. The second-order valence-corrected chi connectivity index (χ2v) is 4.83. The Hall–Kier alpha value is -2.36. The Morgan fingerprint density at radius 2 is 1.74 bits per heavy atom. The van der Waals surface area contributed by atoms with Crippen molar-refractivity contribution >= 4 is 5.91 Å². The van der Waals surface area contributed by atoms with Crippen LogP contribution < -0.4 is 11.3 Å². The number of amides is 1. The van der Waals surface area contributed by atoms with Gasteiger partial charge in [-0.25, -0.2) is 0 Å². The SMILES string of the molecule is NC(=O)c1cccn(C2Cc3ccccc3C2)c1=O. The van der Waals surface area contributed by atoms with Crippen molar-refractivity contribution in [2.24, 2.45) is 5.73 Å². The number of carbonyl (C=O) groups excluding carboxylic acids is 1. The van der Waals surface area contributed by atoms with E-state index in [1.807, 2.05) is 12.1 Å². The van der Waals surface area contributed by atoms with Crippen molar-refractivity contribution in [3.05, 3.63) is 69.6 Å². The molecule has 0 saturated carbocycles. The summed E-state index contributed by atoms with van der Waals surface area (Å²) in [6.45, 7) is 0. The zero-order valence-electron chi connectivity index (χ0n) is 10.4. The van der Waals surface area contributed by atoms with Crippen molar-refractivity contribution in [3.8, 4) is 0 Å². The summed E-state index contributed by atoms with van der Waals surface area (Å²) in [4.78, 5) is 23.4. The van der Waals surface area contributed by atoms with E-state index in [1.165, 1.54) is 17.2 Å². The van der Waals surface area contributed by atoms with Crippen LogP contribution in [0.25, 0.3) is 0 Å². The minimum atomic E-state index is -0.671. The zero-order valence-corrected chi connectivity index (χ0v) is 10.4. The van der Waals surface area contributed by atoms with Crippen LogP contribution >= 0.6 is 0 Å². The van der Waals surface area contributed by atoms with E-state index in [4.69, 9.17) is 5.73 Å². The molecule has 0 saturated heterocycles. The van der Waals surface area contributed by atoms with Gasteiger partial charge in [0.1, 0.15) is 5.56 Å². The molecular weight excluding hydrogens is 240 g/mol. The third-order valence-electron chi connectivity index (χ3n) is 3.66. The Labute approximate surface area is 110 Å². The van der Waals surface area contributed by atoms with E-state index in [0.717, 1.165) is 12.8 Å². The van der Waals surface area contributed by atoms with Gasteiger partial charge in [-0.3, -0.25) is 9.59 Å². The van der Waals surface area contributed by atoms with E-state index in [-0.39, 0.29) is 17.2 Å². The summed E-state index contributed by atoms with van der Waals surface area (Å²) < 4.78 is 1.63. The molecule has 0 fully saturated rings. The third-order valence-corrected chi connectivity index (χ3v) is 3.66. The quantitative estimate of drug-likeness (QED) is 0.877. The average molecular weight is 254 g/mol. The van der Waals surface area contributed by atoms with Crippen molar-refractivity contribution in [2.75, 3.05) is 0 Å². The number of benzene rings is 1. The minimum Gasteiger partial charge on any atom is -0.365 e. The summed E-state index contributed by atoms with van der Waals surface area (Å²) in [6, 6.07) is 11.4. The lowest BCUT2D eigenvalue weighted by molar-refractivity contribution is 0.0998. The highest BCUT2D eigenvalue weighted by atomic mass is 16.2. The maximum Gasteiger partial charge on any atom is 0.263 e. The van der Waals surface area contributed by atoms with Crippen molar-refractivity contribution < 1.29 is 4.79 Å². The number of fused-ring (bicyclic) bond motifs is 1. The standard InChI is InChI=1S/C15H14N2O2/c16-14(18)13-6-3-7-17(15(13)19)12-8-10-4-1-2-5-11(10)9-12/h1-7,12H,8-9H2,(H2,16,18). The molecule has 0 aliphatic heterocycles. The largest absolute Gasteiger partial charge is 0.365 e. The molecule has 1 aliphatic carbocycles. The molecular formula is C15H14N2O2. The molecule has 2 N–H and O–H groups in total. The topological polar surface area (TPSA) is 65.1 Å². The molecule has 2 aromatic rings. The first-order valence-corrected chi connectivity index (χ1v) is 6.24. The summed E-state index contributed by atoms with van der Waals surface area (Å²) in [5.41, 5.74) is 7.50. The van der Waals surface area contributed by atoms with E-state index in [1.54, 1.807) is 16.8 Å². The number of rotatable bonds is 2. The molecule has 1 aromatic heterocycles. The lowest BCUT2D eigenvalue weighted by atomic mass is 10.1. The lowest BCUT2D eigenvalue weighted by Gasteiger charge is -2.13. The smallest absolute Gasteiger partial charge is 0.263 e. The molecule has 1 aromatic carbocycles. The Morgan fingerprint density at radius 1 is 1.11 bits per heavy atom. The van der Waals surface area contributed by atoms with Gasteiger partial charge >= 0.3 is 0 Å². The number of primary amides is 1. The van der Waals surface area contributed by atoms with Crippen LogP contribution in [0, 0.1) is 0 Å². The summed E-state index contributed by atoms with van der Waals surface area (Å²) in [6.07, 6.45) is 3.36. The van der Waals surface area contributed by atoms with Gasteiger partial charge in [0.2, 0.25) is 0 Å². The summed E-state index contributed by atoms with van der Waals surface area (Å²) >= 11 is 0. The van der Waals surface area contributed by atoms with E-state index in [0.29, 0.717) is 0 Å². The first-order chi connectivity index (χ1) is 9.16. The van der Waals surface area contributed by atoms with Gasteiger partial charge in [0.25, 0.3) is 11.5 Å². The van der Waals surface area contributed by atoms with E-state index < -0.39 is 5.91 Å². The fraction of sp³-hybridized carbons (Fsp3) is 0.200. The molecule has 1 heterocycles. The van der Waals surface area contributed by atoms with Gasteiger partial charge in [0, 0.05) is 12.2 Å². The normalized spacial score (nSPS) is 14.3. The Morgan fingerprint density at radius 3 is 2.32 bits per heavy atom. The fourth-order valence-electron chi connectivity index (χ4n) is 2.72. The van der Waals surface area contributed by atoms with Crippen LogP contribution in [0.3, 0.4) is 0 Å². The minimum absolute atomic E-state index is 0.0541. The van der Waals surface area contributed by atoms with Crippen LogP contribution in [0.1, 0.15) is 27.5 Å². The molecule has 96 valence electrons. The number of hydrogen-bond acceptors (Lipinski definition) is 2. The monoisotopic (exact) mass is 254 g/mol. The fourth-order valence-corrected chi connectivity index (χ4v) is 2.72. The third kappa shape index (κ3) is 1.95. The van der Waals surface area contributed by atoms with E-state index >= 15 is 0 Å². The molecule has 3 rings (SSSR count). The maximum atomic E-state index is 12.2. The Bertz CT molecular complexity index is 678. The Kier molecular flexibility index (Phi) is 2.71. The van der Waals surface area contributed by atoms with Gasteiger partial charge < -0.3 is 10.3 Å². The highest BCUT2D eigenvalue weighted by Gasteiger charge is 2.24. The number of aromatic nitrogens is 1. The van der Waals surface area contributed by atoms with Gasteiger partial charge in [0.15, 0.2) is 0 Å². The van der Waals surface area contributed by atoms with Crippen LogP contribution in [0.4, 0.5) is 0 Å². The number of nitrogens with zero attached hydrogens (tertiary/aromatic N) is 1. The average Bonchev–Trinajstić information content (AvgIpc) is 2.82. The van der Waals surface area contributed by atoms with E-state index in [9.17, 15) is 9.59 Å². The van der Waals surface area contributed by atoms with Crippen LogP contribution in [0.15, 0.2) is 47.4 Å². The predicted molar refractivity (Wildman–Crippen MR) is 72.1 cm³/mol. The van der Waals surface area contributed by atoms with Crippen LogP contribution in [-0.4, -0.2) is 10.5 Å². The van der Waals surface area contributed by atoms with E-state index in [2.05, 4.69) is 12.1 Å². The number of hydrogen-bond donors (Lipinski definition) is 1. The molecule has 0 radical (unpaired) electrons. The van der Waals surface area contributed by atoms with Crippen molar-refractivity contribution in [3.63, 3.8) is 0 Å². The zero-order chi connectivity index (χ0) is 13.4. The maximum absolute atomic E-state index is 12.2. The summed E-state index contributed by atoms with van der Waals surface area (Å²) in [5.74, 6) is -0.671. The van der Waals surface area contributed by atoms with Crippen LogP contribution in [-0.2, 0) is 12.8 Å². The second-order valence-electron chi connectivity index (χ2n) is 4.83. The second kappa shape index (κ2) is 4.39. The van der Waals surface area contributed by atoms with Crippen molar-refractivity contribution in [1.29, 1.82) is 0 Å². The first-order valence-electron chi connectivity index (χ1n) is 6.24. The highest BCUT2D eigenvalue weighted by molar-refractivity contribution is 5.92. The first kappa shape index (κ1) is 11.7. The molecule has 0 bridgehead atoms.